The first kappa shape index (κ1) is 20.8. The second kappa shape index (κ2) is 9.57. The second-order valence-corrected chi connectivity index (χ2v) is 7.33. The van der Waals surface area contributed by atoms with E-state index in [9.17, 15) is 14.0 Å². The lowest BCUT2D eigenvalue weighted by Crippen LogP contribution is -2.41. The molecule has 6 nitrogen and oxygen atoms in total. The zero-order valence-corrected chi connectivity index (χ0v) is 17.0. The summed E-state index contributed by atoms with van der Waals surface area (Å²) in [5.74, 6) is -0.354. The number of carbonyl (C=O) groups is 2. The van der Waals surface area contributed by atoms with E-state index in [-0.39, 0.29) is 29.9 Å². The third kappa shape index (κ3) is 5.19. The Morgan fingerprint density at radius 2 is 1.61 bits per heavy atom. The Labute approximate surface area is 179 Å². The van der Waals surface area contributed by atoms with Crippen molar-refractivity contribution < 1.29 is 23.1 Å². The van der Waals surface area contributed by atoms with E-state index in [0.717, 1.165) is 11.1 Å². The SMILES string of the molecule is O=C(Cc1ccc(N(Cc2ccc(F)cc2)C(=O)c2ccco2)cc1)N1CCOCC1. The molecule has 160 valence electrons. The number of hydrogen-bond donors (Lipinski definition) is 0. The number of ether oxygens (including phenoxy) is 1. The molecule has 2 aromatic carbocycles. The summed E-state index contributed by atoms with van der Waals surface area (Å²) in [6.07, 6.45) is 1.74. The topological polar surface area (TPSA) is 63.0 Å². The maximum atomic E-state index is 13.3. The molecule has 2 heterocycles. The quantitative estimate of drug-likeness (QED) is 0.608. The molecule has 1 saturated heterocycles. The maximum absolute atomic E-state index is 13.3. The van der Waals surface area contributed by atoms with E-state index in [1.54, 1.807) is 34.1 Å². The Hall–Kier alpha value is -3.45. The second-order valence-electron chi connectivity index (χ2n) is 7.33. The molecule has 1 aromatic heterocycles. The highest BCUT2D eigenvalue weighted by atomic mass is 19.1. The van der Waals surface area contributed by atoms with Crippen molar-refractivity contribution in [2.75, 3.05) is 31.2 Å². The number of carbonyl (C=O) groups excluding carboxylic acids is 2. The number of benzene rings is 2. The van der Waals surface area contributed by atoms with Gasteiger partial charge < -0.3 is 19.0 Å². The summed E-state index contributed by atoms with van der Waals surface area (Å²) in [7, 11) is 0. The normalized spacial score (nSPS) is 13.8. The van der Waals surface area contributed by atoms with Crippen molar-refractivity contribution in [1.82, 2.24) is 4.90 Å². The number of halogens is 1. The standard InChI is InChI=1S/C24H23FN2O4/c25-20-7-3-19(4-8-20)17-27(24(29)22-2-1-13-31-22)21-9-5-18(6-10-21)16-23(28)26-11-14-30-15-12-26/h1-10,13H,11-12,14-17H2. The molecule has 1 aliphatic rings. The van der Waals surface area contributed by atoms with Gasteiger partial charge in [-0.15, -0.1) is 0 Å². The highest BCUT2D eigenvalue weighted by molar-refractivity contribution is 6.04. The predicted molar refractivity (Wildman–Crippen MR) is 113 cm³/mol. The fourth-order valence-corrected chi connectivity index (χ4v) is 3.48. The number of anilines is 1. The molecule has 1 fully saturated rings. The summed E-state index contributed by atoms with van der Waals surface area (Å²) < 4.78 is 23.9. The Morgan fingerprint density at radius 3 is 2.26 bits per heavy atom. The minimum absolute atomic E-state index is 0.0610. The van der Waals surface area contributed by atoms with Crippen LogP contribution in [0.3, 0.4) is 0 Å². The Balaban J connectivity index is 1.52. The summed E-state index contributed by atoms with van der Waals surface area (Å²) in [5, 5.41) is 0. The van der Waals surface area contributed by atoms with Crippen molar-refractivity contribution in [3.05, 3.63) is 89.6 Å². The first-order valence-corrected chi connectivity index (χ1v) is 10.1. The van der Waals surface area contributed by atoms with E-state index >= 15 is 0 Å². The largest absolute Gasteiger partial charge is 0.459 e. The first-order valence-electron chi connectivity index (χ1n) is 10.1. The molecule has 1 aliphatic heterocycles. The fraction of sp³-hybridized carbons (Fsp3) is 0.250. The average Bonchev–Trinajstić information content (AvgIpc) is 3.35. The van der Waals surface area contributed by atoms with Gasteiger partial charge in [-0.3, -0.25) is 9.59 Å². The molecule has 31 heavy (non-hydrogen) atoms. The van der Waals surface area contributed by atoms with Gasteiger partial charge in [-0.1, -0.05) is 24.3 Å². The summed E-state index contributed by atoms with van der Waals surface area (Å²) in [5.41, 5.74) is 2.31. The molecule has 2 amide bonds. The van der Waals surface area contributed by atoms with E-state index in [0.29, 0.717) is 38.4 Å². The van der Waals surface area contributed by atoms with Crippen molar-refractivity contribution in [2.45, 2.75) is 13.0 Å². The molecule has 0 spiro atoms. The van der Waals surface area contributed by atoms with E-state index < -0.39 is 0 Å². The molecule has 0 radical (unpaired) electrons. The molecule has 4 rings (SSSR count). The molecule has 0 bridgehead atoms. The van der Waals surface area contributed by atoms with E-state index in [1.165, 1.54) is 18.4 Å². The van der Waals surface area contributed by atoms with Crippen LogP contribution in [0, 0.1) is 5.82 Å². The number of morpholine rings is 1. The molecule has 0 atom stereocenters. The average molecular weight is 422 g/mol. The molecule has 0 saturated carbocycles. The summed E-state index contributed by atoms with van der Waals surface area (Å²) in [6.45, 7) is 2.61. The van der Waals surface area contributed by atoms with Crippen LogP contribution in [0.1, 0.15) is 21.7 Å². The van der Waals surface area contributed by atoms with Crippen molar-refractivity contribution in [3.63, 3.8) is 0 Å². The van der Waals surface area contributed by atoms with Crippen molar-refractivity contribution >= 4 is 17.5 Å². The van der Waals surface area contributed by atoms with Gasteiger partial charge in [0.2, 0.25) is 5.91 Å². The van der Waals surface area contributed by atoms with Gasteiger partial charge in [-0.2, -0.15) is 0 Å². The molecule has 7 heteroatoms. The summed E-state index contributed by atoms with van der Waals surface area (Å²) in [6, 6.07) is 16.6. The van der Waals surface area contributed by atoms with Crippen LogP contribution in [0.15, 0.2) is 71.3 Å². The van der Waals surface area contributed by atoms with Gasteiger partial charge in [-0.25, -0.2) is 4.39 Å². The number of rotatable bonds is 6. The third-order valence-corrected chi connectivity index (χ3v) is 5.20. The zero-order chi connectivity index (χ0) is 21.6. The number of amides is 2. The van der Waals surface area contributed by atoms with Gasteiger partial charge in [0.1, 0.15) is 5.82 Å². The lowest BCUT2D eigenvalue weighted by atomic mass is 10.1. The lowest BCUT2D eigenvalue weighted by Gasteiger charge is -2.27. The number of furan rings is 1. The van der Waals surface area contributed by atoms with Crippen molar-refractivity contribution in [1.29, 1.82) is 0 Å². The smallest absolute Gasteiger partial charge is 0.294 e. The molecular weight excluding hydrogens is 399 g/mol. The maximum Gasteiger partial charge on any atom is 0.294 e. The molecule has 0 unspecified atom stereocenters. The molecular formula is C24H23FN2O4. The Morgan fingerprint density at radius 1 is 0.935 bits per heavy atom. The molecule has 0 N–H and O–H groups in total. The monoisotopic (exact) mass is 422 g/mol. The van der Waals surface area contributed by atoms with Gasteiger partial charge in [0.15, 0.2) is 5.76 Å². The fourth-order valence-electron chi connectivity index (χ4n) is 3.48. The van der Waals surface area contributed by atoms with Crippen LogP contribution in [-0.4, -0.2) is 43.0 Å². The van der Waals surface area contributed by atoms with Crippen LogP contribution < -0.4 is 4.90 Å². The van der Waals surface area contributed by atoms with Crippen LogP contribution in [0.25, 0.3) is 0 Å². The zero-order valence-electron chi connectivity index (χ0n) is 17.0. The van der Waals surface area contributed by atoms with Crippen LogP contribution in [0.4, 0.5) is 10.1 Å². The van der Waals surface area contributed by atoms with Gasteiger partial charge >= 0.3 is 0 Å². The summed E-state index contributed by atoms with van der Waals surface area (Å²) in [4.78, 5) is 28.9. The molecule has 0 aliphatic carbocycles. The van der Waals surface area contributed by atoms with Crippen molar-refractivity contribution in [3.8, 4) is 0 Å². The first-order chi connectivity index (χ1) is 15.1. The van der Waals surface area contributed by atoms with E-state index in [1.807, 2.05) is 24.3 Å². The summed E-state index contributed by atoms with van der Waals surface area (Å²) >= 11 is 0. The van der Waals surface area contributed by atoms with E-state index in [4.69, 9.17) is 9.15 Å². The van der Waals surface area contributed by atoms with Crippen LogP contribution in [-0.2, 0) is 22.5 Å². The Kier molecular flexibility index (Phi) is 6.43. The third-order valence-electron chi connectivity index (χ3n) is 5.20. The number of hydrogen-bond acceptors (Lipinski definition) is 4. The van der Waals surface area contributed by atoms with Gasteiger partial charge in [-0.05, 0) is 47.5 Å². The van der Waals surface area contributed by atoms with Crippen LogP contribution in [0.2, 0.25) is 0 Å². The van der Waals surface area contributed by atoms with Crippen LogP contribution >= 0.6 is 0 Å². The predicted octanol–water partition coefficient (Wildman–Crippen LogP) is 3.67. The highest BCUT2D eigenvalue weighted by Crippen LogP contribution is 2.22. The van der Waals surface area contributed by atoms with Gasteiger partial charge in [0.05, 0.1) is 32.4 Å². The molecule has 3 aromatic rings. The number of nitrogens with zero attached hydrogens (tertiary/aromatic N) is 2. The van der Waals surface area contributed by atoms with E-state index in [2.05, 4.69) is 0 Å². The lowest BCUT2D eigenvalue weighted by molar-refractivity contribution is -0.134. The van der Waals surface area contributed by atoms with Crippen molar-refractivity contribution in [2.24, 2.45) is 0 Å². The Bertz CT molecular complexity index is 1010. The van der Waals surface area contributed by atoms with Crippen LogP contribution in [0.5, 0.6) is 0 Å². The van der Waals surface area contributed by atoms with Gasteiger partial charge in [0, 0.05) is 18.8 Å². The van der Waals surface area contributed by atoms with Gasteiger partial charge in [0.25, 0.3) is 5.91 Å². The minimum Gasteiger partial charge on any atom is -0.459 e. The minimum atomic E-state index is -0.332. The highest BCUT2D eigenvalue weighted by Gasteiger charge is 2.21.